The molecule has 5 nitrogen and oxygen atoms in total. The van der Waals surface area contributed by atoms with Crippen molar-refractivity contribution in [3.8, 4) is 11.1 Å². The molecule has 6 heteroatoms. The van der Waals surface area contributed by atoms with Crippen LogP contribution in [0.25, 0.3) is 49.2 Å². The van der Waals surface area contributed by atoms with Gasteiger partial charge < -0.3 is 4.40 Å². The van der Waals surface area contributed by atoms with Crippen molar-refractivity contribution in [1.29, 1.82) is 0 Å². The smallest absolute Gasteiger partial charge is 0.208 e. The van der Waals surface area contributed by atoms with Gasteiger partial charge in [0.15, 0.2) is 0 Å². The lowest BCUT2D eigenvalue weighted by Crippen LogP contribution is -1.98. The molecule has 6 aromatic rings. The molecule has 164 valence electrons. The molecule has 0 bridgehead atoms. The van der Waals surface area contributed by atoms with E-state index in [0.29, 0.717) is 9.79 Å². The molecule has 0 saturated carbocycles. The van der Waals surface area contributed by atoms with E-state index in [2.05, 4.69) is 10.5 Å². The SMILES string of the molecule is O=S1(=O)c2ccccc2-c2cc3c4c5c(ncc4n4c6cnc7c(c6c(c21)c34)CCC7)CCC5. The number of nitrogens with zero attached hydrogens (tertiary/aromatic N) is 3. The molecule has 0 unspecified atom stereocenters. The Kier molecular flexibility index (Phi) is 2.94. The van der Waals surface area contributed by atoms with E-state index in [1.165, 1.54) is 22.2 Å². The average molecular weight is 462 g/mol. The summed E-state index contributed by atoms with van der Waals surface area (Å²) in [7, 11) is -3.62. The van der Waals surface area contributed by atoms with Crippen molar-refractivity contribution in [2.45, 2.75) is 48.3 Å². The van der Waals surface area contributed by atoms with Crippen molar-refractivity contribution in [2.24, 2.45) is 0 Å². The van der Waals surface area contributed by atoms with Gasteiger partial charge in [-0.25, -0.2) is 8.42 Å². The standard InChI is InChI=1S/C28H19N3O2S/c32-34(33)23-10-2-1-5-14(23)17-11-18-24-15-6-3-8-19(15)29-12-21(24)31-22-13-30-20-9-4-7-16(20)25(22)26(27(18)31)28(17)34/h1-2,5,10-13H,3-4,6-9H2. The van der Waals surface area contributed by atoms with Crippen LogP contribution in [-0.2, 0) is 35.5 Å². The van der Waals surface area contributed by atoms with E-state index in [4.69, 9.17) is 9.97 Å². The lowest BCUT2D eigenvalue weighted by Gasteiger charge is -2.08. The summed E-state index contributed by atoms with van der Waals surface area (Å²) >= 11 is 0. The molecule has 34 heavy (non-hydrogen) atoms. The lowest BCUT2D eigenvalue weighted by atomic mass is 9.97. The monoisotopic (exact) mass is 461 g/mol. The number of aryl methyl sites for hydroxylation is 4. The first kappa shape index (κ1) is 17.9. The number of aromatic nitrogens is 3. The van der Waals surface area contributed by atoms with Gasteiger partial charge in [0.05, 0.1) is 38.7 Å². The van der Waals surface area contributed by atoms with E-state index in [0.717, 1.165) is 88.1 Å². The minimum absolute atomic E-state index is 0.427. The zero-order valence-corrected chi connectivity index (χ0v) is 19.2. The normalized spacial score (nSPS) is 17.8. The van der Waals surface area contributed by atoms with Crippen molar-refractivity contribution < 1.29 is 8.42 Å². The van der Waals surface area contributed by atoms with Crippen LogP contribution in [0.5, 0.6) is 0 Å². The fraction of sp³-hybridized carbons (Fsp3) is 0.214. The van der Waals surface area contributed by atoms with Gasteiger partial charge in [-0.2, -0.15) is 0 Å². The number of fused-ring (bicyclic) bond motifs is 14. The van der Waals surface area contributed by atoms with Crippen LogP contribution in [0, 0.1) is 0 Å². The molecule has 0 N–H and O–H groups in total. The van der Waals surface area contributed by atoms with Gasteiger partial charge in [0, 0.05) is 44.1 Å². The zero-order valence-electron chi connectivity index (χ0n) is 18.4. The predicted octanol–water partition coefficient (Wildman–Crippen LogP) is 5.42. The Morgan fingerprint density at radius 2 is 1.44 bits per heavy atom. The third-order valence-electron chi connectivity index (χ3n) is 8.39. The van der Waals surface area contributed by atoms with E-state index in [1.54, 1.807) is 6.07 Å². The highest BCUT2D eigenvalue weighted by Gasteiger charge is 2.39. The van der Waals surface area contributed by atoms with Gasteiger partial charge in [-0.15, -0.1) is 0 Å². The zero-order chi connectivity index (χ0) is 22.3. The van der Waals surface area contributed by atoms with Gasteiger partial charge >= 0.3 is 0 Å². The molecule has 1 aliphatic heterocycles. The highest BCUT2D eigenvalue weighted by molar-refractivity contribution is 7.92. The number of hydrogen-bond donors (Lipinski definition) is 0. The van der Waals surface area contributed by atoms with Crippen molar-refractivity contribution >= 4 is 47.9 Å². The molecule has 5 heterocycles. The third-order valence-corrected chi connectivity index (χ3v) is 10.3. The molecular weight excluding hydrogens is 442 g/mol. The first-order valence-corrected chi connectivity index (χ1v) is 13.5. The Bertz CT molecular complexity index is 2040. The summed E-state index contributed by atoms with van der Waals surface area (Å²) < 4.78 is 30.2. The number of benzene rings is 2. The summed E-state index contributed by atoms with van der Waals surface area (Å²) in [5.74, 6) is 0. The Labute approximate surface area is 195 Å². The van der Waals surface area contributed by atoms with Crippen molar-refractivity contribution in [1.82, 2.24) is 14.4 Å². The molecule has 0 fully saturated rings. The molecule has 0 spiro atoms. The van der Waals surface area contributed by atoms with Crippen molar-refractivity contribution in [3.63, 3.8) is 0 Å². The van der Waals surface area contributed by atoms with E-state index >= 15 is 0 Å². The summed E-state index contributed by atoms with van der Waals surface area (Å²) in [5.41, 5.74) is 9.63. The van der Waals surface area contributed by atoms with Crippen LogP contribution in [0.3, 0.4) is 0 Å². The number of sulfone groups is 1. The number of pyridine rings is 2. The van der Waals surface area contributed by atoms with E-state index in [9.17, 15) is 8.42 Å². The van der Waals surface area contributed by atoms with Gasteiger partial charge in [-0.05, 0) is 61.8 Å². The Hall–Kier alpha value is -3.51. The van der Waals surface area contributed by atoms with Crippen LogP contribution in [0.1, 0.15) is 35.4 Å². The fourth-order valence-electron chi connectivity index (χ4n) is 7.11. The van der Waals surface area contributed by atoms with E-state index in [1.807, 2.05) is 30.6 Å². The van der Waals surface area contributed by atoms with Gasteiger partial charge in [0.1, 0.15) is 0 Å². The minimum atomic E-state index is -3.62. The maximum absolute atomic E-state index is 14.0. The molecule has 0 radical (unpaired) electrons. The van der Waals surface area contributed by atoms with Gasteiger partial charge in [0.2, 0.25) is 9.84 Å². The molecular formula is C28H19N3O2S. The summed E-state index contributed by atoms with van der Waals surface area (Å²) in [4.78, 5) is 10.6. The van der Waals surface area contributed by atoms with Gasteiger partial charge in [0.25, 0.3) is 0 Å². The largest absolute Gasteiger partial charge is 0.305 e. The quantitative estimate of drug-likeness (QED) is 0.303. The average Bonchev–Trinajstić information content (AvgIpc) is 3.64. The highest BCUT2D eigenvalue weighted by atomic mass is 32.2. The maximum atomic E-state index is 14.0. The Morgan fingerprint density at radius 1 is 0.765 bits per heavy atom. The first-order valence-electron chi connectivity index (χ1n) is 12.0. The van der Waals surface area contributed by atoms with Crippen LogP contribution in [0.2, 0.25) is 0 Å². The molecule has 3 aliphatic rings. The van der Waals surface area contributed by atoms with Crippen LogP contribution < -0.4 is 0 Å². The first-order chi connectivity index (χ1) is 16.6. The summed E-state index contributed by atoms with van der Waals surface area (Å²) in [6.07, 6.45) is 10.1. The molecule has 4 aromatic heterocycles. The molecule has 2 aromatic carbocycles. The van der Waals surface area contributed by atoms with Crippen LogP contribution >= 0.6 is 0 Å². The van der Waals surface area contributed by atoms with Crippen molar-refractivity contribution in [2.75, 3.05) is 0 Å². The second kappa shape index (κ2) is 5.58. The summed E-state index contributed by atoms with van der Waals surface area (Å²) in [5, 5.41) is 4.37. The molecule has 2 aliphatic carbocycles. The van der Waals surface area contributed by atoms with Crippen LogP contribution in [0.4, 0.5) is 0 Å². The topological polar surface area (TPSA) is 64.3 Å². The molecule has 0 amide bonds. The van der Waals surface area contributed by atoms with Crippen molar-refractivity contribution in [3.05, 3.63) is 65.2 Å². The molecule has 0 atom stereocenters. The van der Waals surface area contributed by atoms with Gasteiger partial charge in [-0.1, -0.05) is 18.2 Å². The molecule has 0 saturated heterocycles. The van der Waals surface area contributed by atoms with Gasteiger partial charge in [-0.3, -0.25) is 9.97 Å². The summed E-state index contributed by atoms with van der Waals surface area (Å²) in [6.45, 7) is 0. The van der Waals surface area contributed by atoms with E-state index < -0.39 is 9.84 Å². The highest BCUT2D eigenvalue weighted by Crippen LogP contribution is 2.53. The second-order valence-electron chi connectivity index (χ2n) is 9.95. The van der Waals surface area contributed by atoms with E-state index in [-0.39, 0.29) is 0 Å². The summed E-state index contributed by atoms with van der Waals surface area (Å²) in [6, 6.07) is 9.62. The Balaban J connectivity index is 1.65. The Morgan fingerprint density at radius 3 is 2.21 bits per heavy atom. The predicted molar refractivity (Wildman–Crippen MR) is 132 cm³/mol. The second-order valence-corrected chi connectivity index (χ2v) is 11.8. The fourth-order valence-corrected chi connectivity index (χ4v) is 8.98. The van der Waals surface area contributed by atoms with Crippen LogP contribution in [0.15, 0.2) is 52.5 Å². The third kappa shape index (κ3) is 1.80. The van der Waals surface area contributed by atoms with Crippen LogP contribution in [-0.4, -0.2) is 22.8 Å². The number of hydrogen-bond acceptors (Lipinski definition) is 4. The minimum Gasteiger partial charge on any atom is -0.305 e. The number of rotatable bonds is 0. The molecule has 9 rings (SSSR count). The maximum Gasteiger partial charge on any atom is 0.208 e. The lowest BCUT2D eigenvalue weighted by molar-refractivity contribution is 0.599.